The number of carbonyl (C=O) groups excluding carboxylic acids is 1. The van der Waals surface area contributed by atoms with Gasteiger partial charge >= 0.3 is 0 Å². The largest absolute Gasteiger partial charge is 0.349 e. The highest BCUT2D eigenvalue weighted by Crippen LogP contribution is 2.36. The number of rotatable bonds is 7. The number of halogens is 2. The Hall–Kier alpha value is -1.60. The van der Waals surface area contributed by atoms with Crippen LogP contribution in [0, 0.1) is 0 Å². The molecule has 148 valence electrons. The molecular weight excluding hydrogens is 419 g/mol. The summed E-state index contributed by atoms with van der Waals surface area (Å²) >= 11 is 12.1. The molecule has 0 atom stereocenters. The van der Waals surface area contributed by atoms with E-state index in [4.69, 9.17) is 23.2 Å². The molecule has 1 N–H and O–H groups in total. The number of nitrogens with zero attached hydrogens (tertiary/aromatic N) is 1. The van der Waals surface area contributed by atoms with Crippen LogP contribution in [0.25, 0.3) is 0 Å². The van der Waals surface area contributed by atoms with Crippen LogP contribution >= 0.6 is 23.2 Å². The van der Waals surface area contributed by atoms with Crippen LogP contribution < -0.4 is 5.32 Å². The summed E-state index contributed by atoms with van der Waals surface area (Å²) in [7, 11) is -3.79. The van der Waals surface area contributed by atoms with Crippen molar-refractivity contribution in [3.63, 3.8) is 0 Å². The number of hydrogen-bond donors (Lipinski definition) is 1. The van der Waals surface area contributed by atoms with Crippen LogP contribution in [0.4, 0.5) is 0 Å². The number of carbonyl (C=O) groups is 1. The normalized spacial score (nSPS) is 17.0. The molecule has 1 amide bonds. The van der Waals surface area contributed by atoms with Gasteiger partial charge in [0.05, 0.1) is 5.02 Å². The van der Waals surface area contributed by atoms with Gasteiger partial charge in [0.25, 0.3) is 5.91 Å². The smallest absolute Gasteiger partial charge is 0.251 e. The summed E-state index contributed by atoms with van der Waals surface area (Å²) in [5, 5.41) is 3.42. The molecule has 0 heterocycles. The highest BCUT2D eigenvalue weighted by Gasteiger charge is 2.39. The highest BCUT2D eigenvalue weighted by molar-refractivity contribution is 7.89. The summed E-state index contributed by atoms with van der Waals surface area (Å²) in [4.78, 5) is 12.1. The monoisotopic (exact) mass is 438 g/mol. The van der Waals surface area contributed by atoms with Crippen molar-refractivity contribution in [2.45, 2.75) is 49.2 Å². The molecule has 2 aromatic rings. The second-order valence-corrected chi connectivity index (χ2v) is 10.0. The third kappa shape index (κ3) is 4.35. The SMILES string of the molecule is O=C(NC1CC1)c1ccc(CN(C2CC2)S(=O)(=O)c2cc(Cl)ccc2Cl)cc1. The van der Waals surface area contributed by atoms with E-state index in [2.05, 4.69) is 5.32 Å². The van der Waals surface area contributed by atoms with Gasteiger partial charge in [0.2, 0.25) is 10.0 Å². The Morgan fingerprint density at radius 1 is 1.04 bits per heavy atom. The van der Waals surface area contributed by atoms with E-state index in [1.807, 2.05) is 0 Å². The molecule has 8 heteroatoms. The van der Waals surface area contributed by atoms with Gasteiger partial charge in [-0.15, -0.1) is 0 Å². The number of amides is 1. The summed E-state index contributed by atoms with van der Waals surface area (Å²) in [6.45, 7) is 0.223. The van der Waals surface area contributed by atoms with Crippen molar-refractivity contribution in [1.29, 1.82) is 0 Å². The van der Waals surface area contributed by atoms with Crippen LogP contribution in [0.5, 0.6) is 0 Å². The van der Waals surface area contributed by atoms with Gasteiger partial charge in [0.1, 0.15) is 4.90 Å². The van der Waals surface area contributed by atoms with Gasteiger partial charge in [-0.1, -0.05) is 35.3 Å². The first-order valence-corrected chi connectivity index (χ1v) is 11.4. The van der Waals surface area contributed by atoms with Crippen LogP contribution in [0.3, 0.4) is 0 Å². The maximum Gasteiger partial charge on any atom is 0.251 e. The fourth-order valence-corrected chi connectivity index (χ4v) is 5.42. The zero-order chi connectivity index (χ0) is 19.9. The second-order valence-electron chi connectivity index (χ2n) is 7.30. The molecule has 2 aromatic carbocycles. The second kappa shape index (κ2) is 7.67. The van der Waals surface area contributed by atoms with Crippen LogP contribution in [-0.4, -0.2) is 30.7 Å². The van der Waals surface area contributed by atoms with Crippen molar-refractivity contribution >= 4 is 39.1 Å². The van der Waals surface area contributed by atoms with Gasteiger partial charge in [-0.2, -0.15) is 4.31 Å². The fraction of sp³-hybridized carbons (Fsp3) is 0.350. The molecule has 0 unspecified atom stereocenters. The standard InChI is InChI=1S/C20H20Cl2N2O3S/c21-15-5-10-18(22)19(11-15)28(26,27)24(17-8-9-17)12-13-1-3-14(4-2-13)20(25)23-16-6-7-16/h1-5,10-11,16-17H,6-9,12H2,(H,23,25). The summed E-state index contributed by atoms with van der Waals surface area (Å²) in [5.41, 5.74) is 1.39. The van der Waals surface area contributed by atoms with E-state index in [-0.39, 0.29) is 28.4 Å². The molecule has 2 aliphatic carbocycles. The van der Waals surface area contributed by atoms with E-state index in [0.29, 0.717) is 16.6 Å². The molecule has 0 radical (unpaired) electrons. The molecule has 4 rings (SSSR count). The summed E-state index contributed by atoms with van der Waals surface area (Å²) in [5.74, 6) is -0.0913. The van der Waals surface area contributed by atoms with Gasteiger partial charge in [-0.05, 0) is 61.6 Å². The first-order valence-electron chi connectivity index (χ1n) is 9.21. The third-order valence-electron chi connectivity index (χ3n) is 4.90. The van der Waals surface area contributed by atoms with Crippen LogP contribution in [0.15, 0.2) is 47.4 Å². The van der Waals surface area contributed by atoms with Gasteiger partial charge in [0.15, 0.2) is 0 Å². The molecular formula is C20H20Cl2N2O3S. The van der Waals surface area contributed by atoms with Crippen molar-refractivity contribution in [3.8, 4) is 0 Å². The molecule has 5 nitrogen and oxygen atoms in total. The van der Waals surface area contributed by atoms with Crippen molar-refractivity contribution < 1.29 is 13.2 Å². The van der Waals surface area contributed by atoms with Crippen LogP contribution in [0.2, 0.25) is 10.0 Å². The third-order valence-corrected chi connectivity index (χ3v) is 7.52. The quantitative estimate of drug-likeness (QED) is 0.702. The van der Waals surface area contributed by atoms with Crippen LogP contribution in [-0.2, 0) is 16.6 Å². The topological polar surface area (TPSA) is 66.5 Å². The Balaban J connectivity index is 1.55. The predicted octanol–water partition coefficient (Wildman–Crippen LogP) is 4.24. The van der Waals surface area contributed by atoms with E-state index in [9.17, 15) is 13.2 Å². The van der Waals surface area contributed by atoms with E-state index in [0.717, 1.165) is 31.2 Å². The number of hydrogen-bond acceptors (Lipinski definition) is 3. The van der Waals surface area contributed by atoms with Crippen molar-refractivity contribution in [2.24, 2.45) is 0 Å². The van der Waals surface area contributed by atoms with E-state index in [1.165, 1.54) is 16.4 Å². The molecule has 0 aliphatic heterocycles. The molecule has 2 saturated carbocycles. The minimum Gasteiger partial charge on any atom is -0.349 e. The zero-order valence-electron chi connectivity index (χ0n) is 15.1. The lowest BCUT2D eigenvalue weighted by atomic mass is 10.1. The molecule has 0 saturated heterocycles. The lowest BCUT2D eigenvalue weighted by Gasteiger charge is -2.23. The minimum absolute atomic E-state index is 0.0222. The molecule has 0 aromatic heterocycles. The van der Waals surface area contributed by atoms with E-state index < -0.39 is 10.0 Å². The number of sulfonamides is 1. The van der Waals surface area contributed by atoms with Gasteiger partial charge in [0, 0.05) is 29.2 Å². The average molecular weight is 439 g/mol. The lowest BCUT2D eigenvalue weighted by molar-refractivity contribution is 0.0951. The van der Waals surface area contributed by atoms with Crippen molar-refractivity contribution in [3.05, 3.63) is 63.6 Å². The predicted molar refractivity (Wildman–Crippen MR) is 109 cm³/mol. The average Bonchev–Trinajstić information content (AvgIpc) is 3.57. The Labute approximate surface area is 174 Å². The zero-order valence-corrected chi connectivity index (χ0v) is 17.4. The molecule has 0 spiro atoms. The summed E-state index contributed by atoms with van der Waals surface area (Å²) in [6, 6.07) is 11.8. The number of benzene rings is 2. The van der Waals surface area contributed by atoms with E-state index >= 15 is 0 Å². The number of nitrogens with one attached hydrogen (secondary N) is 1. The van der Waals surface area contributed by atoms with E-state index in [1.54, 1.807) is 30.3 Å². The highest BCUT2D eigenvalue weighted by atomic mass is 35.5. The maximum absolute atomic E-state index is 13.2. The maximum atomic E-state index is 13.2. The minimum atomic E-state index is -3.79. The van der Waals surface area contributed by atoms with Crippen LogP contribution in [0.1, 0.15) is 41.6 Å². The summed E-state index contributed by atoms with van der Waals surface area (Å²) in [6.07, 6.45) is 3.70. The summed E-state index contributed by atoms with van der Waals surface area (Å²) < 4.78 is 27.9. The van der Waals surface area contributed by atoms with Gasteiger partial charge in [-0.25, -0.2) is 8.42 Å². The Morgan fingerprint density at radius 3 is 2.32 bits per heavy atom. The lowest BCUT2D eigenvalue weighted by Crippen LogP contribution is -2.33. The first-order chi connectivity index (χ1) is 13.3. The molecule has 2 aliphatic rings. The Bertz CT molecular complexity index is 1000. The van der Waals surface area contributed by atoms with Gasteiger partial charge in [-0.3, -0.25) is 4.79 Å². The Kier molecular flexibility index (Phi) is 5.40. The van der Waals surface area contributed by atoms with Crippen molar-refractivity contribution in [2.75, 3.05) is 0 Å². The Morgan fingerprint density at radius 2 is 1.71 bits per heavy atom. The van der Waals surface area contributed by atoms with Crippen molar-refractivity contribution in [1.82, 2.24) is 9.62 Å². The first kappa shape index (κ1) is 19.7. The van der Waals surface area contributed by atoms with Gasteiger partial charge < -0.3 is 5.32 Å². The fourth-order valence-electron chi connectivity index (χ4n) is 3.01. The molecule has 28 heavy (non-hydrogen) atoms. The molecule has 0 bridgehead atoms. The molecule has 2 fully saturated rings.